The largest absolute Gasteiger partial charge is 0.388 e. The first-order valence-electron chi connectivity index (χ1n) is 11.3. The molecule has 0 amide bonds. The quantitative estimate of drug-likeness (QED) is 0.416. The van der Waals surface area contributed by atoms with E-state index in [1.54, 1.807) is 11.8 Å². The summed E-state index contributed by atoms with van der Waals surface area (Å²) < 4.78 is 0. The van der Waals surface area contributed by atoms with Crippen molar-refractivity contribution in [2.24, 2.45) is 11.8 Å². The highest BCUT2D eigenvalue weighted by molar-refractivity contribution is 7.99. The zero-order valence-electron chi connectivity index (χ0n) is 18.2. The molecule has 3 aromatic rings. The minimum atomic E-state index is 0.945. The lowest BCUT2D eigenvalue weighted by Gasteiger charge is -2.26. The van der Waals surface area contributed by atoms with Gasteiger partial charge >= 0.3 is 0 Å². The lowest BCUT2D eigenvalue weighted by Crippen LogP contribution is -2.12. The minimum Gasteiger partial charge on any atom is -0.388 e. The summed E-state index contributed by atoms with van der Waals surface area (Å²) in [6.07, 6.45) is 8.30. The predicted octanol–water partition coefficient (Wildman–Crippen LogP) is 8.31. The Hall–Kier alpha value is -2.19. The first kappa shape index (κ1) is 21.1. The second kappa shape index (κ2) is 10.2. The Morgan fingerprint density at radius 2 is 1.27 bits per heavy atom. The Morgan fingerprint density at radius 1 is 0.733 bits per heavy atom. The van der Waals surface area contributed by atoms with Crippen molar-refractivity contribution in [1.82, 2.24) is 0 Å². The van der Waals surface area contributed by atoms with Crippen LogP contribution in [-0.4, -0.2) is 7.05 Å². The van der Waals surface area contributed by atoms with E-state index in [1.165, 1.54) is 65.0 Å². The van der Waals surface area contributed by atoms with Crippen LogP contribution in [-0.2, 0) is 6.42 Å². The number of hydrogen-bond acceptors (Lipinski definition) is 2. The molecule has 1 aliphatic carbocycles. The molecular formula is C28H33NS. The molecule has 0 saturated heterocycles. The van der Waals surface area contributed by atoms with E-state index < -0.39 is 0 Å². The monoisotopic (exact) mass is 415 g/mol. The fourth-order valence-electron chi connectivity index (χ4n) is 4.39. The Morgan fingerprint density at radius 3 is 1.83 bits per heavy atom. The molecule has 0 unspecified atom stereocenters. The topological polar surface area (TPSA) is 12.0 Å². The van der Waals surface area contributed by atoms with Crippen LogP contribution in [0.25, 0.3) is 11.1 Å². The Bertz CT molecular complexity index is 904. The molecule has 1 fully saturated rings. The van der Waals surface area contributed by atoms with Crippen LogP contribution in [0, 0.1) is 11.8 Å². The molecule has 0 bridgehead atoms. The summed E-state index contributed by atoms with van der Waals surface area (Å²) in [5, 5.41) is 3.16. The van der Waals surface area contributed by atoms with Gasteiger partial charge in [-0.2, -0.15) is 0 Å². The first-order chi connectivity index (χ1) is 14.7. The van der Waals surface area contributed by atoms with Crippen molar-refractivity contribution >= 4 is 17.4 Å². The molecule has 0 spiro atoms. The lowest BCUT2D eigenvalue weighted by molar-refractivity contribution is 0.278. The van der Waals surface area contributed by atoms with Crippen LogP contribution in [0.15, 0.2) is 82.6 Å². The van der Waals surface area contributed by atoms with E-state index in [1.807, 2.05) is 7.05 Å². The predicted molar refractivity (Wildman–Crippen MR) is 131 cm³/mol. The van der Waals surface area contributed by atoms with Crippen LogP contribution in [0.5, 0.6) is 0 Å². The van der Waals surface area contributed by atoms with Crippen LogP contribution in [0.2, 0.25) is 0 Å². The molecule has 1 saturated carbocycles. The standard InChI is InChI=1S/C28H33NS/c1-21-3-5-22(6-4-21)7-8-23-9-11-24(12-10-23)25-13-17-27(18-14-25)30-28-19-15-26(29-2)16-20-28/h9-22,29H,3-8H2,1-2H3. The highest BCUT2D eigenvalue weighted by Gasteiger charge is 2.17. The number of aryl methyl sites for hydroxylation is 1. The second-order valence-electron chi connectivity index (χ2n) is 8.76. The van der Waals surface area contributed by atoms with E-state index >= 15 is 0 Å². The molecule has 1 nitrogen and oxygen atoms in total. The Labute approximate surface area is 186 Å². The smallest absolute Gasteiger partial charge is 0.0338 e. The molecule has 1 N–H and O–H groups in total. The van der Waals surface area contributed by atoms with E-state index in [2.05, 4.69) is 85.0 Å². The van der Waals surface area contributed by atoms with Crippen molar-refractivity contribution in [3.05, 3.63) is 78.4 Å². The van der Waals surface area contributed by atoms with Gasteiger partial charge in [0.25, 0.3) is 0 Å². The summed E-state index contributed by atoms with van der Waals surface area (Å²) in [6.45, 7) is 2.40. The van der Waals surface area contributed by atoms with Gasteiger partial charge in [0.05, 0.1) is 0 Å². The van der Waals surface area contributed by atoms with Gasteiger partial charge < -0.3 is 5.32 Å². The van der Waals surface area contributed by atoms with Crippen molar-refractivity contribution < 1.29 is 0 Å². The fourth-order valence-corrected chi connectivity index (χ4v) is 5.21. The highest BCUT2D eigenvalue weighted by Crippen LogP contribution is 2.32. The van der Waals surface area contributed by atoms with Crippen LogP contribution in [0.1, 0.15) is 44.6 Å². The van der Waals surface area contributed by atoms with E-state index in [0.29, 0.717) is 0 Å². The average Bonchev–Trinajstić information content (AvgIpc) is 2.80. The van der Waals surface area contributed by atoms with Crippen molar-refractivity contribution in [2.45, 2.75) is 55.2 Å². The molecule has 2 heteroatoms. The number of nitrogens with one attached hydrogen (secondary N) is 1. The maximum atomic E-state index is 3.16. The molecule has 3 aromatic carbocycles. The zero-order chi connectivity index (χ0) is 20.8. The van der Waals surface area contributed by atoms with Gasteiger partial charge in [0.1, 0.15) is 0 Å². The van der Waals surface area contributed by atoms with Crippen molar-refractivity contribution in [2.75, 3.05) is 12.4 Å². The summed E-state index contributed by atoms with van der Waals surface area (Å²) in [7, 11) is 1.95. The molecule has 156 valence electrons. The molecular weight excluding hydrogens is 382 g/mol. The number of anilines is 1. The number of rotatable bonds is 7. The van der Waals surface area contributed by atoms with Crippen LogP contribution < -0.4 is 5.32 Å². The van der Waals surface area contributed by atoms with Gasteiger partial charge in [-0.15, -0.1) is 0 Å². The molecule has 30 heavy (non-hydrogen) atoms. The SMILES string of the molecule is CNc1ccc(Sc2ccc(-c3ccc(CCC4CCC(C)CC4)cc3)cc2)cc1. The number of benzene rings is 3. The summed E-state index contributed by atoms with van der Waals surface area (Å²) in [4.78, 5) is 2.54. The van der Waals surface area contributed by atoms with Gasteiger partial charge in [-0.05, 0) is 77.8 Å². The van der Waals surface area contributed by atoms with Crippen molar-refractivity contribution in [3.63, 3.8) is 0 Å². The zero-order valence-corrected chi connectivity index (χ0v) is 19.1. The third kappa shape index (κ3) is 5.70. The van der Waals surface area contributed by atoms with Gasteiger partial charge in [-0.1, -0.05) is 80.8 Å². The van der Waals surface area contributed by atoms with Crippen LogP contribution >= 0.6 is 11.8 Å². The van der Waals surface area contributed by atoms with E-state index in [4.69, 9.17) is 0 Å². The number of hydrogen-bond donors (Lipinski definition) is 1. The molecule has 0 aliphatic heterocycles. The third-order valence-electron chi connectivity index (χ3n) is 6.50. The summed E-state index contributed by atoms with van der Waals surface area (Å²) >= 11 is 1.81. The van der Waals surface area contributed by atoms with E-state index in [9.17, 15) is 0 Å². The molecule has 4 rings (SSSR count). The van der Waals surface area contributed by atoms with Gasteiger partial charge in [0, 0.05) is 22.5 Å². The van der Waals surface area contributed by atoms with E-state index in [0.717, 1.165) is 17.5 Å². The summed E-state index contributed by atoms with van der Waals surface area (Å²) in [5.41, 5.74) is 5.22. The van der Waals surface area contributed by atoms with Crippen LogP contribution in [0.3, 0.4) is 0 Å². The maximum absolute atomic E-state index is 3.16. The summed E-state index contributed by atoms with van der Waals surface area (Å²) in [6, 6.07) is 26.7. The minimum absolute atomic E-state index is 0.945. The molecule has 0 aromatic heterocycles. The van der Waals surface area contributed by atoms with Gasteiger partial charge in [-0.25, -0.2) is 0 Å². The third-order valence-corrected chi connectivity index (χ3v) is 7.51. The van der Waals surface area contributed by atoms with Gasteiger partial charge in [0.2, 0.25) is 0 Å². The molecule has 0 atom stereocenters. The lowest BCUT2D eigenvalue weighted by atomic mass is 9.80. The average molecular weight is 416 g/mol. The first-order valence-corrected chi connectivity index (χ1v) is 12.2. The van der Waals surface area contributed by atoms with Gasteiger partial charge in [-0.3, -0.25) is 0 Å². The second-order valence-corrected chi connectivity index (χ2v) is 9.91. The Kier molecular flexibility index (Phi) is 7.17. The van der Waals surface area contributed by atoms with Crippen LogP contribution in [0.4, 0.5) is 5.69 Å². The molecule has 0 heterocycles. The highest BCUT2D eigenvalue weighted by atomic mass is 32.2. The molecule has 0 radical (unpaired) electrons. The van der Waals surface area contributed by atoms with Crippen molar-refractivity contribution in [1.29, 1.82) is 0 Å². The summed E-state index contributed by atoms with van der Waals surface area (Å²) in [5.74, 6) is 1.89. The van der Waals surface area contributed by atoms with Gasteiger partial charge in [0.15, 0.2) is 0 Å². The normalized spacial score (nSPS) is 18.9. The van der Waals surface area contributed by atoms with E-state index in [-0.39, 0.29) is 0 Å². The fraction of sp³-hybridized carbons (Fsp3) is 0.357. The maximum Gasteiger partial charge on any atom is 0.0338 e. The Balaban J connectivity index is 1.32. The molecule has 1 aliphatic rings. The van der Waals surface area contributed by atoms with Crippen molar-refractivity contribution in [3.8, 4) is 11.1 Å².